The molecule has 1 aromatic rings. The number of anilines is 1. The van der Waals surface area contributed by atoms with E-state index in [0.717, 1.165) is 22.4 Å². The molecular formula is C16H22N2O2. The summed E-state index contributed by atoms with van der Waals surface area (Å²) in [5.74, 6) is -0.511. The molecule has 4 nitrogen and oxygen atoms in total. The highest BCUT2D eigenvalue weighted by Gasteiger charge is 2.14. The number of carbonyl (C=O) groups excluding carboxylic acids is 2. The molecule has 0 saturated carbocycles. The van der Waals surface area contributed by atoms with Crippen LogP contribution in [0.3, 0.4) is 0 Å². The van der Waals surface area contributed by atoms with Crippen LogP contribution in [0.4, 0.5) is 5.69 Å². The monoisotopic (exact) mass is 274 g/mol. The van der Waals surface area contributed by atoms with Gasteiger partial charge in [-0.05, 0) is 44.0 Å². The second kappa shape index (κ2) is 6.89. The van der Waals surface area contributed by atoms with Crippen LogP contribution in [0.1, 0.15) is 24.5 Å². The summed E-state index contributed by atoms with van der Waals surface area (Å²) >= 11 is 0. The lowest BCUT2D eigenvalue weighted by molar-refractivity contribution is -0.133. The fourth-order valence-electron chi connectivity index (χ4n) is 2.02. The van der Waals surface area contributed by atoms with Gasteiger partial charge in [-0.25, -0.2) is 0 Å². The van der Waals surface area contributed by atoms with Crippen LogP contribution in [-0.2, 0) is 9.59 Å². The molecule has 0 aliphatic carbocycles. The smallest absolute Gasteiger partial charge is 0.233 e. The van der Waals surface area contributed by atoms with Crippen molar-refractivity contribution in [3.05, 3.63) is 41.5 Å². The summed E-state index contributed by atoms with van der Waals surface area (Å²) in [5, 5.41) is 2.75. The first-order valence-electron chi connectivity index (χ1n) is 6.54. The lowest BCUT2D eigenvalue weighted by Gasteiger charge is -2.17. The molecule has 0 saturated heterocycles. The van der Waals surface area contributed by atoms with Gasteiger partial charge in [0, 0.05) is 19.3 Å². The van der Waals surface area contributed by atoms with E-state index in [2.05, 4.69) is 11.9 Å². The Bertz CT molecular complexity index is 515. The molecule has 1 aromatic carbocycles. The van der Waals surface area contributed by atoms with Crippen LogP contribution < -0.4 is 5.32 Å². The number of hydrogen-bond acceptors (Lipinski definition) is 2. The Morgan fingerprint density at radius 1 is 1.20 bits per heavy atom. The number of benzene rings is 1. The minimum atomic E-state index is -0.298. The third-order valence-corrected chi connectivity index (χ3v) is 2.75. The molecule has 0 aliphatic rings. The molecule has 0 heterocycles. The Morgan fingerprint density at radius 3 is 2.25 bits per heavy atom. The lowest BCUT2D eigenvalue weighted by atomic mass is 10.1. The maximum absolute atomic E-state index is 11.9. The van der Waals surface area contributed by atoms with E-state index in [4.69, 9.17) is 0 Å². The zero-order chi connectivity index (χ0) is 15.3. The molecule has 1 N–H and O–H groups in total. The Labute approximate surface area is 120 Å². The summed E-state index contributed by atoms with van der Waals surface area (Å²) in [5.41, 5.74) is 3.76. The van der Waals surface area contributed by atoms with Gasteiger partial charge in [0.1, 0.15) is 6.42 Å². The topological polar surface area (TPSA) is 49.4 Å². The number of amides is 2. The van der Waals surface area contributed by atoms with E-state index in [9.17, 15) is 9.59 Å². The summed E-state index contributed by atoms with van der Waals surface area (Å²) in [4.78, 5) is 25.2. The molecule has 0 radical (unpaired) electrons. The summed E-state index contributed by atoms with van der Waals surface area (Å²) in [6.45, 7) is 10.00. The minimum absolute atomic E-state index is 0.156. The number of aryl methyl sites for hydroxylation is 2. The molecule has 20 heavy (non-hydrogen) atoms. The number of nitrogens with zero attached hydrogens (tertiary/aromatic N) is 1. The number of rotatable bonds is 5. The molecule has 4 heteroatoms. The van der Waals surface area contributed by atoms with Crippen LogP contribution in [0.5, 0.6) is 0 Å². The molecule has 1 rings (SSSR count). The van der Waals surface area contributed by atoms with Crippen LogP contribution >= 0.6 is 0 Å². The minimum Gasteiger partial charge on any atom is -0.341 e. The normalized spacial score (nSPS) is 10.0. The zero-order valence-corrected chi connectivity index (χ0v) is 12.6. The molecule has 108 valence electrons. The summed E-state index contributed by atoms with van der Waals surface area (Å²) in [7, 11) is 1.67. The van der Waals surface area contributed by atoms with Gasteiger partial charge in [-0.2, -0.15) is 0 Å². The average Bonchev–Trinajstić information content (AvgIpc) is 2.25. The number of nitrogens with one attached hydrogen (secondary N) is 1. The second-order valence-corrected chi connectivity index (χ2v) is 5.31. The van der Waals surface area contributed by atoms with Gasteiger partial charge in [0.05, 0.1) is 0 Å². The van der Waals surface area contributed by atoms with Crippen molar-refractivity contribution >= 4 is 17.5 Å². The molecule has 0 bridgehead atoms. The van der Waals surface area contributed by atoms with Gasteiger partial charge in [0.2, 0.25) is 11.8 Å². The SMILES string of the molecule is C=C(C)CN(C)C(=O)CC(=O)Nc1cc(C)cc(C)c1. The molecule has 0 unspecified atom stereocenters. The quantitative estimate of drug-likeness (QED) is 0.663. The van der Waals surface area contributed by atoms with Gasteiger partial charge < -0.3 is 10.2 Å². The van der Waals surface area contributed by atoms with E-state index in [-0.39, 0.29) is 18.2 Å². The van der Waals surface area contributed by atoms with Crippen molar-refractivity contribution in [3.63, 3.8) is 0 Å². The van der Waals surface area contributed by atoms with Crippen LogP contribution in [0.15, 0.2) is 30.4 Å². The van der Waals surface area contributed by atoms with Gasteiger partial charge >= 0.3 is 0 Å². The standard InChI is InChI=1S/C16H22N2O2/c1-11(2)10-18(5)16(20)9-15(19)17-14-7-12(3)6-13(4)8-14/h6-8H,1,9-10H2,2-5H3,(H,17,19). The highest BCUT2D eigenvalue weighted by Crippen LogP contribution is 2.14. The first-order chi connectivity index (χ1) is 9.27. The second-order valence-electron chi connectivity index (χ2n) is 5.31. The third kappa shape index (κ3) is 5.26. The van der Waals surface area contributed by atoms with Crippen LogP contribution in [-0.4, -0.2) is 30.3 Å². The maximum atomic E-state index is 11.9. The molecule has 0 atom stereocenters. The van der Waals surface area contributed by atoms with Crippen molar-refractivity contribution in [3.8, 4) is 0 Å². The Balaban J connectivity index is 2.59. The number of likely N-dealkylation sites (N-methyl/N-ethyl adjacent to an activating group) is 1. The largest absolute Gasteiger partial charge is 0.341 e. The summed E-state index contributed by atoms with van der Waals surface area (Å²) in [6, 6.07) is 5.79. The highest BCUT2D eigenvalue weighted by atomic mass is 16.2. The summed E-state index contributed by atoms with van der Waals surface area (Å²) in [6.07, 6.45) is -0.156. The molecular weight excluding hydrogens is 252 g/mol. The van der Waals surface area contributed by atoms with Gasteiger partial charge in [0.15, 0.2) is 0 Å². The summed E-state index contributed by atoms with van der Waals surface area (Å²) < 4.78 is 0. The van der Waals surface area contributed by atoms with Crippen molar-refractivity contribution < 1.29 is 9.59 Å². The van der Waals surface area contributed by atoms with Gasteiger partial charge in [-0.1, -0.05) is 18.2 Å². The van der Waals surface area contributed by atoms with E-state index in [0.29, 0.717) is 6.54 Å². The van der Waals surface area contributed by atoms with Crippen molar-refractivity contribution in [2.75, 3.05) is 18.9 Å². The first kappa shape index (κ1) is 16.0. The molecule has 0 fully saturated rings. The van der Waals surface area contributed by atoms with E-state index in [1.54, 1.807) is 7.05 Å². The molecule has 0 aromatic heterocycles. The molecule has 2 amide bonds. The Kier molecular flexibility index (Phi) is 5.50. The van der Waals surface area contributed by atoms with Crippen LogP contribution in [0.25, 0.3) is 0 Å². The van der Waals surface area contributed by atoms with Crippen LogP contribution in [0, 0.1) is 13.8 Å². The predicted octanol–water partition coefficient (Wildman–Crippen LogP) is 2.67. The first-order valence-corrected chi connectivity index (χ1v) is 6.54. The molecule has 0 aliphatic heterocycles. The fourth-order valence-corrected chi connectivity index (χ4v) is 2.02. The predicted molar refractivity (Wildman–Crippen MR) is 81.6 cm³/mol. The van der Waals surface area contributed by atoms with Crippen molar-refractivity contribution in [1.29, 1.82) is 0 Å². The van der Waals surface area contributed by atoms with Gasteiger partial charge in [-0.15, -0.1) is 0 Å². The van der Waals surface area contributed by atoms with E-state index in [1.165, 1.54) is 4.90 Å². The van der Waals surface area contributed by atoms with Gasteiger partial charge in [-0.3, -0.25) is 9.59 Å². The van der Waals surface area contributed by atoms with Crippen LogP contribution in [0.2, 0.25) is 0 Å². The highest BCUT2D eigenvalue weighted by molar-refractivity contribution is 6.03. The fraction of sp³-hybridized carbons (Fsp3) is 0.375. The number of hydrogen-bond donors (Lipinski definition) is 1. The van der Waals surface area contributed by atoms with E-state index >= 15 is 0 Å². The Morgan fingerprint density at radius 2 is 1.75 bits per heavy atom. The van der Waals surface area contributed by atoms with Gasteiger partial charge in [0.25, 0.3) is 0 Å². The van der Waals surface area contributed by atoms with Crippen molar-refractivity contribution in [2.45, 2.75) is 27.2 Å². The van der Waals surface area contributed by atoms with E-state index in [1.807, 2.05) is 39.0 Å². The molecule has 0 spiro atoms. The van der Waals surface area contributed by atoms with E-state index < -0.39 is 0 Å². The van der Waals surface area contributed by atoms with Crippen molar-refractivity contribution in [2.24, 2.45) is 0 Å². The Hall–Kier alpha value is -2.10. The van der Waals surface area contributed by atoms with Crippen molar-refractivity contribution in [1.82, 2.24) is 4.90 Å². The number of carbonyl (C=O) groups is 2. The third-order valence-electron chi connectivity index (χ3n) is 2.75. The zero-order valence-electron chi connectivity index (χ0n) is 12.6. The maximum Gasteiger partial charge on any atom is 0.233 e. The average molecular weight is 274 g/mol. The lowest BCUT2D eigenvalue weighted by Crippen LogP contribution is -2.31.